The van der Waals surface area contributed by atoms with E-state index in [4.69, 9.17) is 9.15 Å². The molecule has 1 aromatic heterocycles. The van der Waals surface area contributed by atoms with Crippen LogP contribution in [0.5, 0.6) is 0 Å². The summed E-state index contributed by atoms with van der Waals surface area (Å²) >= 11 is 3.04. The van der Waals surface area contributed by atoms with Gasteiger partial charge in [-0.1, -0.05) is 15.9 Å². The Morgan fingerprint density at radius 3 is 2.58 bits per heavy atom. The summed E-state index contributed by atoms with van der Waals surface area (Å²) in [6, 6.07) is 3.25. The van der Waals surface area contributed by atoms with Gasteiger partial charge in [0.1, 0.15) is 0 Å². The number of aryl methyl sites for hydroxylation is 1. The molecule has 0 saturated carbocycles. The first-order valence-electron chi connectivity index (χ1n) is 6.77. The molecule has 0 unspecified atom stereocenters. The van der Waals surface area contributed by atoms with E-state index in [1.807, 2.05) is 0 Å². The van der Waals surface area contributed by atoms with Crippen LogP contribution in [0, 0.1) is 6.92 Å². The highest BCUT2D eigenvalue weighted by Crippen LogP contribution is 2.35. The van der Waals surface area contributed by atoms with E-state index in [1.165, 1.54) is 13.0 Å². The molecule has 1 aromatic carbocycles. The second-order valence-corrected chi connectivity index (χ2v) is 5.58. The number of nitrogens with zero attached hydrogens (tertiary/aromatic N) is 2. The molecular formula is C15H12BrF3N2O3. The number of benzene rings is 1. The number of alkyl halides is 3. The molecule has 1 heterocycles. The molecular weight excluding hydrogens is 393 g/mol. The van der Waals surface area contributed by atoms with Gasteiger partial charge in [-0.2, -0.15) is 13.2 Å². The number of halogens is 4. The van der Waals surface area contributed by atoms with Gasteiger partial charge in [-0.25, -0.2) is 4.79 Å². The third-order valence-electron chi connectivity index (χ3n) is 2.84. The van der Waals surface area contributed by atoms with Crippen LogP contribution in [0.2, 0.25) is 0 Å². The summed E-state index contributed by atoms with van der Waals surface area (Å²) in [5.74, 6) is -0.588. The van der Waals surface area contributed by atoms with Crippen molar-refractivity contribution in [2.45, 2.75) is 20.0 Å². The number of aromatic nitrogens is 2. The molecule has 0 fully saturated rings. The lowest BCUT2D eigenvalue weighted by Crippen LogP contribution is -2.07. The Kier molecular flexibility index (Phi) is 5.43. The Morgan fingerprint density at radius 2 is 2.04 bits per heavy atom. The van der Waals surface area contributed by atoms with E-state index in [-0.39, 0.29) is 34.0 Å². The molecule has 0 aliphatic rings. The third kappa shape index (κ3) is 4.44. The molecule has 0 aliphatic heterocycles. The molecule has 2 rings (SSSR count). The summed E-state index contributed by atoms with van der Waals surface area (Å²) in [6.45, 7) is 3.27. The van der Waals surface area contributed by atoms with E-state index >= 15 is 0 Å². The van der Waals surface area contributed by atoms with E-state index in [2.05, 4.69) is 26.1 Å². The molecule has 0 aliphatic carbocycles. The van der Waals surface area contributed by atoms with E-state index in [1.54, 1.807) is 6.92 Å². The predicted molar refractivity (Wildman–Crippen MR) is 81.9 cm³/mol. The van der Waals surface area contributed by atoms with Crippen molar-refractivity contribution in [3.63, 3.8) is 0 Å². The van der Waals surface area contributed by atoms with Gasteiger partial charge >= 0.3 is 12.1 Å². The van der Waals surface area contributed by atoms with Gasteiger partial charge in [0.2, 0.25) is 11.8 Å². The molecule has 0 bridgehead atoms. The SMILES string of the molecule is CCOC(=O)C=C(c1cc(Br)cc(C(F)(F)F)c1)c1nnc(C)o1. The van der Waals surface area contributed by atoms with E-state index < -0.39 is 17.7 Å². The summed E-state index contributed by atoms with van der Waals surface area (Å²) in [6.07, 6.45) is -3.52. The molecule has 24 heavy (non-hydrogen) atoms. The van der Waals surface area contributed by atoms with Gasteiger partial charge in [-0.05, 0) is 30.7 Å². The van der Waals surface area contributed by atoms with Gasteiger partial charge in [0.15, 0.2) is 0 Å². The topological polar surface area (TPSA) is 65.2 Å². The van der Waals surface area contributed by atoms with Crippen LogP contribution in [0.1, 0.15) is 29.8 Å². The molecule has 0 saturated heterocycles. The smallest absolute Gasteiger partial charge is 0.416 e. The van der Waals surface area contributed by atoms with E-state index in [0.29, 0.717) is 0 Å². The lowest BCUT2D eigenvalue weighted by atomic mass is 10.0. The normalized spacial score (nSPS) is 12.3. The molecule has 0 amide bonds. The Labute approximate surface area is 143 Å². The fourth-order valence-electron chi connectivity index (χ4n) is 1.88. The number of hydrogen-bond acceptors (Lipinski definition) is 5. The van der Waals surface area contributed by atoms with Crippen molar-refractivity contribution < 1.29 is 27.1 Å². The summed E-state index contributed by atoms with van der Waals surface area (Å²) in [4.78, 5) is 11.8. The maximum absolute atomic E-state index is 13.0. The Bertz CT molecular complexity index is 785. The highest BCUT2D eigenvalue weighted by atomic mass is 79.9. The molecule has 128 valence electrons. The maximum Gasteiger partial charge on any atom is 0.416 e. The maximum atomic E-state index is 13.0. The first-order chi connectivity index (χ1) is 11.2. The third-order valence-corrected chi connectivity index (χ3v) is 3.30. The van der Waals surface area contributed by atoms with Crippen molar-refractivity contribution in [1.82, 2.24) is 10.2 Å². The average Bonchev–Trinajstić information content (AvgIpc) is 2.90. The van der Waals surface area contributed by atoms with Crippen LogP contribution in [0.25, 0.3) is 5.57 Å². The van der Waals surface area contributed by atoms with Gasteiger partial charge < -0.3 is 9.15 Å². The molecule has 0 radical (unpaired) electrons. The minimum absolute atomic E-state index is 0.0425. The standard InChI is InChI=1S/C15H12BrF3N2O3/c1-3-23-13(22)7-12(14-21-20-8(2)24-14)9-4-10(15(17,18)19)6-11(16)5-9/h4-7H,3H2,1-2H3. The van der Waals surface area contributed by atoms with Crippen molar-refractivity contribution in [2.75, 3.05) is 6.61 Å². The second kappa shape index (κ2) is 7.16. The monoisotopic (exact) mass is 404 g/mol. The summed E-state index contributed by atoms with van der Waals surface area (Å²) in [5.41, 5.74) is -0.743. The number of esters is 1. The number of hydrogen-bond donors (Lipinski definition) is 0. The summed E-state index contributed by atoms with van der Waals surface area (Å²) in [7, 11) is 0. The fourth-order valence-corrected chi connectivity index (χ4v) is 2.38. The molecule has 9 heteroatoms. The zero-order valence-electron chi connectivity index (χ0n) is 12.6. The van der Waals surface area contributed by atoms with Crippen molar-refractivity contribution in [3.05, 3.63) is 51.7 Å². The second-order valence-electron chi connectivity index (χ2n) is 4.66. The number of rotatable bonds is 4. The van der Waals surface area contributed by atoms with Crippen molar-refractivity contribution in [1.29, 1.82) is 0 Å². The van der Waals surface area contributed by atoms with Crippen molar-refractivity contribution >= 4 is 27.5 Å². The number of carbonyl (C=O) groups is 1. The van der Waals surface area contributed by atoms with Crippen LogP contribution in [-0.4, -0.2) is 22.8 Å². The minimum Gasteiger partial charge on any atom is -0.463 e. The fraction of sp³-hybridized carbons (Fsp3) is 0.267. The molecule has 2 aromatic rings. The summed E-state index contributed by atoms with van der Waals surface area (Å²) < 4.78 is 49.3. The first kappa shape index (κ1) is 18.2. The van der Waals surface area contributed by atoms with Crippen LogP contribution in [0.3, 0.4) is 0 Å². The van der Waals surface area contributed by atoms with Crippen molar-refractivity contribution in [3.8, 4) is 0 Å². The van der Waals surface area contributed by atoms with Crippen LogP contribution >= 0.6 is 15.9 Å². The van der Waals surface area contributed by atoms with Gasteiger partial charge in [-0.15, -0.1) is 10.2 Å². The number of ether oxygens (including phenoxy) is 1. The first-order valence-corrected chi connectivity index (χ1v) is 7.57. The van der Waals surface area contributed by atoms with Crippen LogP contribution in [0.4, 0.5) is 13.2 Å². The van der Waals surface area contributed by atoms with E-state index in [9.17, 15) is 18.0 Å². The van der Waals surface area contributed by atoms with Crippen LogP contribution < -0.4 is 0 Å². The quantitative estimate of drug-likeness (QED) is 0.565. The molecule has 0 spiro atoms. The van der Waals surface area contributed by atoms with Crippen LogP contribution in [-0.2, 0) is 15.7 Å². The lowest BCUT2D eigenvalue weighted by Gasteiger charge is -2.11. The summed E-state index contributed by atoms with van der Waals surface area (Å²) in [5, 5.41) is 7.40. The Hall–Kier alpha value is -2.16. The molecule has 0 atom stereocenters. The van der Waals surface area contributed by atoms with E-state index in [0.717, 1.165) is 18.2 Å². The highest BCUT2D eigenvalue weighted by Gasteiger charge is 2.31. The highest BCUT2D eigenvalue weighted by molar-refractivity contribution is 9.10. The lowest BCUT2D eigenvalue weighted by molar-refractivity contribution is -0.138. The average molecular weight is 405 g/mol. The van der Waals surface area contributed by atoms with Gasteiger partial charge in [-0.3, -0.25) is 0 Å². The van der Waals surface area contributed by atoms with Gasteiger partial charge in [0.25, 0.3) is 0 Å². The largest absolute Gasteiger partial charge is 0.463 e. The zero-order chi connectivity index (χ0) is 17.9. The van der Waals surface area contributed by atoms with Crippen molar-refractivity contribution in [2.24, 2.45) is 0 Å². The number of carbonyl (C=O) groups excluding carboxylic acids is 1. The predicted octanol–water partition coefficient (Wildman–Crippen LogP) is 4.15. The Balaban J connectivity index is 2.60. The zero-order valence-corrected chi connectivity index (χ0v) is 14.2. The molecule has 0 N–H and O–H groups in total. The molecule has 5 nitrogen and oxygen atoms in total. The van der Waals surface area contributed by atoms with Gasteiger partial charge in [0, 0.05) is 17.5 Å². The minimum atomic E-state index is -4.54. The Morgan fingerprint density at radius 1 is 1.33 bits per heavy atom. The van der Waals surface area contributed by atoms with Gasteiger partial charge in [0.05, 0.1) is 17.7 Å². The van der Waals surface area contributed by atoms with Crippen LogP contribution in [0.15, 0.2) is 33.2 Å².